The van der Waals surface area contributed by atoms with Crippen molar-refractivity contribution in [3.05, 3.63) is 230 Å². The van der Waals surface area contributed by atoms with Crippen LogP contribution in [0.1, 0.15) is 25.0 Å². The molecule has 0 N–H and O–H groups in total. The molecule has 0 saturated carbocycles. The van der Waals surface area contributed by atoms with Crippen LogP contribution >= 0.6 is 0 Å². The van der Waals surface area contributed by atoms with E-state index in [0.717, 1.165) is 17.1 Å². The Hall–Kier alpha value is -7.42. The van der Waals surface area contributed by atoms with Crippen LogP contribution in [0, 0.1) is 0 Å². The van der Waals surface area contributed by atoms with Gasteiger partial charge in [0.1, 0.15) is 0 Å². The van der Waals surface area contributed by atoms with Crippen LogP contribution in [0.4, 0.5) is 17.1 Å². The summed E-state index contributed by atoms with van der Waals surface area (Å²) >= 11 is 0. The second kappa shape index (κ2) is 13.9. The van der Waals surface area contributed by atoms with E-state index in [9.17, 15) is 0 Å². The van der Waals surface area contributed by atoms with Crippen molar-refractivity contribution < 1.29 is 0 Å². The fraction of sp³-hybridized carbons (Fsp3) is 0.0526. The van der Waals surface area contributed by atoms with Gasteiger partial charge in [-0.05, 0) is 105 Å². The molecule has 280 valence electrons. The first kappa shape index (κ1) is 34.8. The summed E-state index contributed by atoms with van der Waals surface area (Å²) < 4.78 is 2.38. The van der Waals surface area contributed by atoms with E-state index in [-0.39, 0.29) is 5.41 Å². The SMILES string of the molecule is CC1(C)c2ccccc2-c2c(N(c3ccc(-c4ccccc4)cc3)c3ccc(-c4ccccc4-c4ccc(-n5c6ccccc6c6ccccc65)cc4)cc3)cccc21. The second-order valence-electron chi connectivity index (χ2n) is 16.1. The maximum absolute atomic E-state index is 2.44. The van der Waals surface area contributed by atoms with Gasteiger partial charge in [0.05, 0.1) is 16.7 Å². The number of hydrogen-bond donors (Lipinski definition) is 0. The standard InChI is InChI=1S/C57H42N2/c1-57(2)51-22-11-8-21-50(51)56-52(57)23-14-26-55(56)58(43-33-27-40(28-34-43)39-15-4-3-5-16-39)44-35-29-41(30-36-44)46-17-6-7-18-47(46)42-31-37-45(38-32-42)59-53-24-12-9-19-48(53)49-20-10-13-25-54(49)59/h3-38H,1-2H3. The molecule has 0 bridgehead atoms. The van der Waals surface area contributed by atoms with Crippen LogP contribution in [-0.4, -0.2) is 4.57 Å². The fourth-order valence-corrected chi connectivity index (χ4v) is 9.55. The van der Waals surface area contributed by atoms with Crippen LogP contribution < -0.4 is 4.90 Å². The fourth-order valence-electron chi connectivity index (χ4n) is 9.55. The molecule has 2 heteroatoms. The average Bonchev–Trinajstić information content (AvgIpc) is 3.76. The number of benzene rings is 9. The molecule has 0 saturated heterocycles. The highest BCUT2D eigenvalue weighted by Crippen LogP contribution is 2.54. The molecule has 10 aromatic rings. The molecule has 0 amide bonds. The molecule has 0 fully saturated rings. The predicted octanol–water partition coefficient (Wildman–Crippen LogP) is 15.6. The lowest BCUT2D eigenvalue weighted by atomic mass is 9.82. The molecule has 0 aliphatic heterocycles. The minimum Gasteiger partial charge on any atom is -0.310 e. The molecular formula is C57H42N2. The molecule has 0 spiro atoms. The van der Waals surface area contributed by atoms with Crippen LogP contribution in [0.5, 0.6) is 0 Å². The first-order valence-corrected chi connectivity index (χ1v) is 20.5. The molecular weight excluding hydrogens is 713 g/mol. The molecule has 9 aromatic carbocycles. The number of rotatable bonds is 7. The second-order valence-corrected chi connectivity index (χ2v) is 16.1. The van der Waals surface area contributed by atoms with E-state index in [1.165, 1.54) is 83.1 Å². The molecule has 2 nitrogen and oxygen atoms in total. The molecule has 0 atom stereocenters. The zero-order valence-corrected chi connectivity index (χ0v) is 33.2. The number of anilines is 3. The third-order valence-corrected chi connectivity index (χ3v) is 12.4. The van der Waals surface area contributed by atoms with E-state index in [4.69, 9.17) is 0 Å². The largest absolute Gasteiger partial charge is 0.310 e. The molecule has 1 aliphatic carbocycles. The highest BCUT2D eigenvalue weighted by Gasteiger charge is 2.37. The summed E-state index contributed by atoms with van der Waals surface area (Å²) in [6.07, 6.45) is 0. The summed E-state index contributed by atoms with van der Waals surface area (Å²) in [5, 5.41) is 2.54. The van der Waals surface area contributed by atoms with Crippen LogP contribution in [-0.2, 0) is 5.41 Å². The van der Waals surface area contributed by atoms with Crippen molar-refractivity contribution >= 4 is 38.9 Å². The molecule has 0 unspecified atom stereocenters. The van der Waals surface area contributed by atoms with E-state index in [1.54, 1.807) is 0 Å². The lowest BCUT2D eigenvalue weighted by Crippen LogP contribution is -2.16. The monoisotopic (exact) mass is 754 g/mol. The Labute approximate surface area is 345 Å². The molecule has 11 rings (SSSR count). The van der Waals surface area contributed by atoms with Gasteiger partial charge < -0.3 is 9.47 Å². The first-order chi connectivity index (χ1) is 29.0. The van der Waals surface area contributed by atoms with E-state index >= 15 is 0 Å². The number of fused-ring (bicyclic) bond motifs is 6. The third kappa shape index (κ3) is 5.71. The Morgan fingerprint density at radius 3 is 1.42 bits per heavy atom. The molecule has 0 radical (unpaired) electrons. The Bertz CT molecular complexity index is 3100. The predicted molar refractivity (Wildman–Crippen MR) is 249 cm³/mol. The van der Waals surface area contributed by atoms with E-state index in [2.05, 4.69) is 242 Å². The number of para-hydroxylation sites is 2. The smallest absolute Gasteiger partial charge is 0.0543 e. The van der Waals surface area contributed by atoms with Gasteiger partial charge in [-0.25, -0.2) is 0 Å². The molecule has 1 aliphatic rings. The van der Waals surface area contributed by atoms with E-state index in [1.807, 2.05) is 0 Å². The summed E-state index contributed by atoms with van der Waals surface area (Å²) in [7, 11) is 0. The van der Waals surface area contributed by atoms with Crippen molar-refractivity contribution in [3.63, 3.8) is 0 Å². The number of nitrogens with zero attached hydrogens (tertiary/aromatic N) is 2. The normalized spacial score (nSPS) is 12.7. The van der Waals surface area contributed by atoms with E-state index in [0.29, 0.717) is 0 Å². The molecule has 1 heterocycles. The van der Waals surface area contributed by atoms with Crippen molar-refractivity contribution in [1.82, 2.24) is 4.57 Å². The summed E-state index contributed by atoms with van der Waals surface area (Å²) in [6, 6.07) is 79.7. The number of hydrogen-bond acceptors (Lipinski definition) is 1. The van der Waals surface area contributed by atoms with Gasteiger partial charge in [0.2, 0.25) is 0 Å². The van der Waals surface area contributed by atoms with Crippen LogP contribution in [0.15, 0.2) is 218 Å². The van der Waals surface area contributed by atoms with Crippen molar-refractivity contribution in [2.75, 3.05) is 4.90 Å². The average molecular weight is 755 g/mol. The van der Waals surface area contributed by atoms with Crippen molar-refractivity contribution in [1.29, 1.82) is 0 Å². The van der Waals surface area contributed by atoms with Gasteiger partial charge in [-0.15, -0.1) is 0 Å². The van der Waals surface area contributed by atoms with Gasteiger partial charge in [-0.1, -0.05) is 178 Å². The van der Waals surface area contributed by atoms with E-state index < -0.39 is 0 Å². The maximum atomic E-state index is 2.44. The zero-order chi connectivity index (χ0) is 39.5. The lowest BCUT2D eigenvalue weighted by molar-refractivity contribution is 0.660. The Morgan fingerprint density at radius 1 is 0.356 bits per heavy atom. The van der Waals surface area contributed by atoms with Gasteiger partial charge in [0.25, 0.3) is 0 Å². The minimum absolute atomic E-state index is 0.0972. The van der Waals surface area contributed by atoms with Gasteiger partial charge in [0, 0.05) is 38.8 Å². The Balaban J connectivity index is 0.990. The van der Waals surface area contributed by atoms with Crippen molar-refractivity contribution in [3.8, 4) is 50.2 Å². The topological polar surface area (TPSA) is 8.17 Å². The Kier molecular flexibility index (Phi) is 8.20. The summed E-state index contributed by atoms with van der Waals surface area (Å²) in [4.78, 5) is 2.44. The van der Waals surface area contributed by atoms with Crippen LogP contribution in [0.3, 0.4) is 0 Å². The third-order valence-electron chi connectivity index (χ3n) is 12.4. The minimum atomic E-state index is -0.0972. The van der Waals surface area contributed by atoms with Gasteiger partial charge >= 0.3 is 0 Å². The maximum Gasteiger partial charge on any atom is 0.0543 e. The Morgan fingerprint density at radius 2 is 0.814 bits per heavy atom. The zero-order valence-electron chi connectivity index (χ0n) is 33.2. The summed E-state index contributed by atoms with van der Waals surface area (Å²) in [5.74, 6) is 0. The van der Waals surface area contributed by atoms with Gasteiger partial charge in [-0.2, -0.15) is 0 Å². The van der Waals surface area contributed by atoms with Crippen molar-refractivity contribution in [2.24, 2.45) is 0 Å². The van der Waals surface area contributed by atoms with Crippen molar-refractivity contribution in [2.45, 2.75) is 19.3 Å². The first-order valence-electron chi connectivity index (χ1n) is 20.5. The number of aromatic nitrogens is 1. The quantitative estimate of drug-likeness (QED) is 0.157. The molecule has 1 aromatic heterocycles. The highest BCUT2D eigenvalue weighted by molar-refractivity contribution is 6.09. The highest BCUT2D eigenvalue weighted by atomic mass is 15.1. The van der Waals surface area contributed by atoms with Gasteiger partial charge in [-0.3, -0.25) is 0 Å². The van der Waals surface area contributed by atoms with Crippen LogP contribution in [0.25, 0.3) is 72.0 Å². The molecule has 59 heavy (non-hydrogen) atoms. The van der Waals surface area contributed by atoms with Crippen LogP contribution in [0.2, 0.25) is 0 Å². The van der Waals surface area contributed by atoms with Gasteiger partial charge in [0.15, 0.2) is 0 Å². The summed E-state index contributed by atoms with van der Waals surface area (Å²) in [6.45, 7) is 4.70. The lowest BCUT2D eigenvalue weighted by Gasteiger charge is -2.29. The summed E-state index contributed by atoms with van der Waals surface area (Å²) in [5.41, 5.74) is 19.5.